The predicted octanol–water partition coefficient (Wildman–Crippen LogP) is 0.866. The number of hydrogen-bond donors (Lipinski definition) is 2. The van der Waals surface area contributed by atoms with E-state index in [9.17, 15) is 13.2 Å². The highest BCUT2D eigenvalue weighted by Crippen LogP contribution is 2.20. The van der Waals surface area contributed by atoms with Gasteiger partial charge in [0, 0.05) is 18.6 Å². The molecule has 1 fully saturated rings. The number of nitrogens with zero attached hydrogens (tertiary/aromatic N) is 2. The summed E-state index contributed by atoms with van der Waals surface area (Å²) in [6.45, 7) is 0.504. The normalized spacial score (nSPS) is 21.3. The van der Waals surface area contributed by atoms with Gasteiger partial charge in [0.15, 0.2) is 5.25 Å². The van der Waals surface area contributed by atoms with E-state index >= 15 is 0 Å². The smallest absolute Gasteiger partial charge is 0.240 e. The molecule has 1 saturated heterocycles. The standard InChI is InChI=1S/C13H15ClN4O3S/c1-18-5-4-11(22(18,20)21)13(19)15-7-12-16-9-3-2-8(14)6-10(9)17-12/h2-3,6,11H,4-5,7H2,1H3,(H,15,19)(H,16,17). The van der Waals surface area contributed by atoms with Crippen molar-refractivity contribution in [1.82, 2.24) is 19.6 Å². The SMILES string of the molecule is CN1CCC(C(=O)NCc2nc3ccc(Cl)cc3[nH]2)S1(=O)=O. The van der Waals surface area contributed by atoms with E-state index in [-0.39, 0.29) is 6.54 Å². The van der Waals surface area contributed by atoms with Crippen molar-refractivity contribution in [2.24, 2.45) is 0 Å². The Hall–Kier alpha value is -1.64. The van der Waals surface area contributed by atoms with Gasteiger partial charge in [-0.1, -0.05) is 11.6 Å². The Morgan fingerprint density at radius 3 is 3.00 bits per heavy atom. The molecule has 0 radical (unpaired) electrons. The van der Waals surface area contributed by atoms with Crippen LogP contribution in [0.2, 0.25) is 5.02 Å². The van der Waals surface area contributed by atoms with Gasteiger partial charge in [-0.15, -0.1) is 0 Å². The Morgan fingerprint density at radius 2 is 2.32 bits per heavy atom. The van der Waals surface area contributed by atoms with Crippen LogP contribution in [0.15, 0.2) is 18.2 Å². The highest BCUT2D eigenvalue weighted by molar-refractivity contribution is 7.90. The molecule has 1 aromatic carbocycles. The summed E-state index contributed by atoms with van der Waals surface area (Å²) in [5.74, 6) is 0.0530. The van der Waals surface area contributed by atoms with Crippen LogP contribution in [-0.4, -0.2) is 47.4 Å². The van der Waals surface area contributed by atoms with Crippen LogP contribution >= 0.6 is 11.6 Å². The van der Waals surface area contributed by atoms with Crippen LogP contribution in [0.25, 0.3) is 11.0 Å². The summed E-state index contributed by atoms with van der Waals surface area (Å²) >= 11 is 5.90. The van der Waals surface area contributed by atoms with Gasteiger partial charge in [-0.3, -0.25) is 4.79 Å². The van der Waals surface area contributed by atoms with E-state index in [1.165, 1.54) is 11.4 Å². The molecule has 1 amide bonds. The molecule has 2 N–H and O–H groups in total. The number of amides is 1. The Bertz CT molecular complexity index is 833. The highest BCUT2D eigenvalue weighted by Gasteiger charge is 2.41. The third-order valence-corrected chi connectivity index (χ3v) is 6.17. The summed E-state index contributed by atoms with van der Waals surface area (Å²) in [7, 11) is -2.05. The van der Waals surface area contributed by atoms with E-state index in [1.54, 1.807) is 18.2 Å². The van der Waals surface area contributed by atoms with Gasteiger partial charge in [0.05, 0.1) is 17.6 Å². The number of nitrogens with one attached hydrogen (secondary N) is 2. The van der Waals surface area contributed by atoms with Gasteiger partial charge in [0.2, 0.25) is 15.9 Å². The number of H-pyrrole nitrogens is 1. The zero-order valence-corrected chi connectivity index (χ0v) is 13.4. The van der Waals surface area contributed by atoms with E-state index in [0.717, 1.165) is 11.0 Å². The maximum absolute atomic E-state index is 12.1. The molecule has 0 bridgehead atoms. The van der Waals surface area contributed by atoms with Crippen LogP contribution in [0.3, 0.4) is 0 Å². The minimum Gasteiger partial charge on any atom is -0.348 e. The van der Waals surface area contributed by atoms with Gasteiger partial charge in [-0.25, -0.2) is 17.7 Å². The maximum Gasteiger partial charge on any atom is 0.240 e. The largest absolute Gasteiger partial charge is 0.348 e. The van der Waals surface area contributed by atoms with Gasteiger partial charge in [-0.2, -0.15) is 0 Å². The predicted molar refractivity (Wildman–Crippen MR) is 82.9 cm³/mol. The monoisotopic (exact) mass is 342 g/mol. The van der Waals surface area contributed by atoms with Crippen LogP contribution in [0.5, 0.6) is 0 Å². The lowest BCUT2D eigenvalue weighted by atomic mass is 10.3. The summed E-state index contributed by atoms with van der Waals surface area (Å²) in [5.41, 5.74) is 1.51. The summed E-state index contributed by atoms with van der Waals surface area (Å²) in [6, 6.07) is 5.25. The van der Waals surface area contributed by atoms with E-state index in [0.29, 0.717) is 23.8 Å². The molecule has 2 heterocycles. The number of aromatic nitrogens is 2. The van der Waals surface area contributed by atoms with E-state index < -0.39 is 21.2 Å². The summed E-state index contributed by atoms with van der Waals surface area (Å²) in [6.07, 6.45) is 0.306. The van der Waals surface area contributed by atoms with Crippen molar-refractivity contribution in [3.05, 3.63) is 29.0 Å². The molecule has 118 valence electrons. The van der Waals surface area contributed by atoms with E-state index in [1.807, 2.05) is 0 Å². The fourth-order valence-corrected chi connectivity index (χ4v) is 4.19. The molecule has 22 heavy (non-hydrogen) atoms. The van der Waals surface area contributed by atoms with Crippen molar-refractivity contribution in [3.63, 3.8) is 0 Å². The van der Waals surface area contributed by atoms with Crippen LogP contribution in [-0.2, 0) is 21.4 Å². The number of halogens is 1. The van der Waals surface area contributed by atoms with E-state index in [4.69, 9.17) is 11.6 Å². The first-order valence-electron chi connectivity index (χ1n) is 6.75. The zero-order valence-electron chi connectivity index (χ0n) is 11.8. The molecule has 0 aliphatic carbocycles. The molecule has 1 aliphatic heterocycles. The minimum absolute atomic E-state index is 0.140. The third-order valence-electron chi connectivity index (χ3n) is 3.72. The summed E-state index contributed by atoms with van der Waals surface area (Å²) in [5, 5.41) is 2.19. The molecular weight excluding hydrogens is 328 g/mol. The lowest BCUT2D eigenvalue weighted by Crippen LogP contribution is -2.39. The molecule has 1 aliphatic rings. The lowest BCUT2D eigenvalue weighted by molar-refractivity contribution is -0.120. The fraction of sp³-hybridized carbons (Fsp3) is 0.385. The second-order valence-electron chi connectivity index (χ2n) is 5.21. The average Bonchev–Trinajstić information content (AvgIpc) is 2.97. The minimum atomic E-state index is -3.53. The number of benzene rings is 1. The van der Waals surface area contributed by atoms with Crippen molar-refractivity contribution in [2.45, 2.75) is 18.2 Å². The van der Waals surface area contributed by atoms with Crippen molar-refractivity contribution in [1.29, 1.82) is 0 Å². The summed E-state index contributed by atoms with van der Waals surface area (Å²) < 4.78 is 25.1. The Labute approximate surface area is 132 Å². The highest BCUT2D eigenvalue weighted by atomic mass is 35.5. The quantitative estimate of drug-likeness (QED) is 0.865. The van der Waals surface area contributed by atoms with Crippen LogP contribution in [0.1, 0.15) is 12.2 Å². The van der Waals surface area contributed by atoms with Crippen molar-refractivity contribution >= 4 is 38.6 Å². The number of carbonyl (C=O) groups excluding carboxylic acids is 1. The van der Waals surface area contributed by atoms with E-state index in [2.05, 4.69) is 15.3 Å². The van der Waals surface area contributed by atoms with Gasteiger partial charge < -0.3 is 10.3 Å². The van der Waals surface area contributed by atoms with Crippen molar-refractivity contribution in [3.8, 4) is 0 Å². The number of rotatable bonds is 3. The molecule has 0 saturated carbocycles. The number of aromatic amines is 1. The number of hydrogen-bond acceptors (Lipinski definition) is 4. The fourth-order valence-electron chi connectivity index (χ4n) is 2.46. The van der Waals surface area contributed by atoms with Gasteiger partial charge in [0.1, 0.15) is 5.82 Å². The second kappa shape index (κ2) is 5.53. The number of imidazole rings is 1. The first-order chi connectivity index (χ1) is 10.4. The molecule has 1 unspecified atom stereocenters. The first kappa shape index (κ1) is 15.3. The molecule has 1 atom stereocenters. The number of carbonyl (C=O) groups is 1. The molecule has 7 nitrogen and oxygen atoms in total. The second-order valence-corrected chi connectivity index (χ2v) is 7.87. The number of sulfonamides is 1. The van der Waals surface area contributed by atoms with Gasteiger partial charge >= 0.3 is 0 Å². The Balaban J connectivity index is 1.70. The molecule has 0 spiro atoms. The van der Waals surface area contributed by atoms with Crippen LogP contribution in [0.4, 0.5) is 0 Å². The van der Waals surface area contributed by atoms with Crippen LogP contribution in [0, 0.1) is 0 Å². The Kier molecular flexibility index (Phi) is 3.84. The van der Waals surface area contributed by atoms with Crippen LogP contribution < -0.4 is 5.32 Å². The molecule has 9 heteroatoms. The molecular formula is C13H15ClN4O3S. The third kappa shape index (κ3) is 2.69. The topological polar surface area (TPSA) is 95.2 Å². The lowest BCUT2D eigenvalue weighted by Gasteiger charge is -2.11. The maximum atomic E-state index is 12.1. The molecule has 2 aromatic rings. The van der Waals surface area contributed by atoms with Gasteiger partial charge in [0.25, 0.3) is 0 Å². The summed E-state index contributed by atoms with van der Waals surface area (Å²) in [4.78, 5) is 19.4. The molecule has 1 aromatic heterocycles. The zero-order chi connectivity index (χ0) is 15.9. The van der Waals surface area contributed by atoms with Crippen molar-refractivity contribution < 1.29 is 13.2 Å². The first-order valence-corrected chi connectivity index (χ1v) is 8.63. The van der Waals surface area contributed by atoms with Crippen molar-refractivity contribution in [2.75, 3.05) is 13.6 Å². The van der Waals surface area contributed by atoms with Gasteiger partial charge in [-0.05, 0) is 24.6 Å². The average molecular weight is 343 g/mol. The Morgan fingerprint density at radius 1 is 1.55 bits per heavy atom. The number of fused-ring (bicyclic) bond motifs is 1. The molecule has 3 rings (SSSR count).